The van der Waals surface area contributed by atoms with E-state index in [-0.39, 0.29) is 5.75 Å². The van der Waals surface area contributed by atoms with Gasteiger partial charge in [-0.15, -0.1) is 0 Å². The van der Waals surface area contributed by atoms with E-state index < -0.39 is 6.23 Å². The highest BCUT2D eigenvalue weighted by Gasteiger charge is 2.15. The van der Waals surface area contributed by atoms with Crippen LogP contribution in [0.2, 0.25) is 0 Å². The van der Waals surface area contributed by atoms with Gasteiger partial charge in [0.05, 0.1) is 31.9 Å². The van der Waals surface area contributed by atoms with Crippen molar-refractivity contribution in [2.45, 2.75) is 12.8 Å². The standard InChI is InChI=1S/C20H22N4O4/c21-23-22-9-10-27-11-12-28-14-16-13-24(19-4-2-1-3-18(16)19)20(26)15-5-7-17(25)8-6-15/h1-8,13,20,25-26H,9-12,14H2. The van der Waals surface area contributed by atoms with Crippen LogP contribution < -0.4 is 0 Å². The zero-order chi connectivity index (χ0) is 19.8. The van der Waals surface area contributed by atoms with Gasteiger partial charge in [-0.2, -0.15) is 0 Å². The third-order valence-electron chi connectivity index (χ3n) is 4.31. The summed E-state index contributed by atoms with van der Waals surface area (Å²) in [5, 5.41) is 24.6. The maximum atomic E-state index is 10.8. The normalized spacial score (nSPS) is 12.0. The molecule has 0 saturated heterocycles. The highest BCUT2D eigenvalue weighted by Crippen LogP contribution is 2.28. The van der Waals surface area contributed by atoms with Crippen LogP contribution >= 0.6 is 0 Å². The number of aliphatic hydroxyl groups is 1. The Morgan fingerprint density at radius 3 is 2.57 bits per heavy atom. The number of benzene rings is 2. The van der Waals surface area contributed by atoms with Gasteiger partial charge in [0.15, 0.2) is 6.23 Å². The Balaban J connectivity index is 1.67. The van der Waals surface area contributed by atoms with E-state index in [1.807, 2.05) is 30.5 Å². The predicted octanol–water partition coefficient (Wildman–Crippen LogP) is 3.73. The molecule has 1 unspecified atom stereocenters. The summed E-state index contributed by atoms with van der Waals surface area (Å²) in [6, 6.07) is 14.3. The average molecular weight is 382 g/mol. The molecule has 3 aromatic rings. The van der Waals surface area contributed by atoms with Gasteiger partial charge in [0.25, 0.3) is 0 Å². The maximum Gasteiger partial charge on any atom is 0.157 e. The van der Waals surface area contributed by atoms with Gasteiger partial charge in [0.1, 0.15) is 5.75 Å². The zero-order valence-corrected chi connectivity index (χ0v) is 15.3. The molecule has 2 N–H and O–H groups in total. The van der Waals surface area contributed by atoms with Crippen LogP contribution in [0, 0.1) is 0 Å². The maximum absolute atomic E-state index is 10.8. The van der Waals surface area contributed by atoms with Gasteiger partial charge < -0.3 is 24.3 Å². The number of rotatable bonds is 10. The number of phenolic OH excluding ortho intramolecular Hbond substituents is 1. The summed E-state index contributed by atoms with van der Waals surface area (Å²) in [4.78, 5) is 2.66. The molecule has 1 atom stereocenters. The molecule has 28 heavy (non-hydrogen) atoms. The lowest BCUT2D eigenvalue weighted by Crippen LogP contribution is -2.08. The molecular weight excluding hydrogens is 360 g/mol. The summed E-state index contributed by atoms with van der Waals surface area (Å²) in [6.07, 6.45) is 1.01. The smallest absolute Gasteiger partial charge is 0.157 e. The fourth-order valence-corrected chi connectivity index (χ4v) is 2.95. The monoisotopic (exact) mass is 382 g/mol. The third-order valence-corrected chi connectivity index (χ3v) is 4.31. The summed E-state index contributed by atoms with van der Waals surface area (Å²) in [6.45, 7) is 1.88. The van der Waals surface area contributed by atoms with Crippen LogP contribution in [0.25, 0.3) is 21.3 Å². The molecule has 8 heteroatoms. The second-order valence-corrected chi connectivity index (χ2v) is 6.16. The van der Waals surface area contributed by atoms with Crippen LogP contribution in [0.4, 0.5) is 0 Å². The molecule has 0 radical (unpaired) electrons. The van der Waals surface area contributed by atoms with E-state index in [1.54, 1.807) is 28.8 Å². The van der Waals surface area contributed by atoms with Crippen molar-refractivity contribution in [1.82, 2.24) is 4.57 Å². The van der Waals surface area contributed by atoms with Crippen LogP contribution in [0.15, 0.2) is 59.8 Å². The van der Waals surface area contributed by atoms with Crippen LogP contribution in [-0.2, 0) is 16.1 Å². The molecule has 2 aromatic carbocycles. The van der Waals surface area contributed by atoms with Gasteiger partial charge in [0, 0.05) is 34.2 Å². The van der Waals surface area contributed by atoms with E-state index in [0.717, 1.165) is 16.5 Å². The Morgan fingerprint density at radius 1 is 1.04 bits per heavy atom. The largest absolute Gasteiger partial charge is 0.508 e. The fraction of sp³-hybridized carbons (Fsp3) is 0.300. The number of hydrogen-bond donors (Lipinski definition) is 2. The van der Waals surface area contributed by atoms with Crippen molar-refractivity contribution in [2.75, 3.05) is 26.4 Å². The first-order valence-electron chi connectivity index (χ1n) is 8.92. The van der Waals surface area contributed by atoms with Gasteiger partial charge in [-0.25, -0.2) is 0 Å². The number of ether oxygens (including phenoxy) is 2. The van der Waals surface area contributed by atoms with Gasteiger partial charge in [-0.1, -0.05) is 35.4 Å². The van der Waals surface area contributed by atoms with E-state index in [1.165, 1.54) is 0 Å². The first-order valence-corrected chi connectivity index (χ1v) is 8.92. The number of aromatic hydroxyl groups is 1. The second-order valence-electron chi connectivity index (χ2n) is 6.16. The van der Waals surface area contributed by atoms with Gasteiger partial charge in [0.2, 0.25) is 0 Å². The van der Waals surface area contributed by atoms with Crippen LogP contribution in [-0.4, -0.2) is 41.1 Å². The van der Waals surface area contributed by atoms with Gasteiger partial charge >= 0.3 is 0 Å². The molecule has 3 rings (SSSR count). The Hall–Kier alpha value is -3.03. The molecule has 0 bridgehead atoms. The summed E-state index contributed by atoms with van der Waals surface area (Å²) >= 11 is 0. The first-order chi connectivity index (χ1) is 13.7. The summed E-state index contributed by atoms with van der Waals surface area (Å²) < 4.78 is 12.8. The molecule has 146 valence electrons. The van der Waals surface area contributed by atoms with E-state index in [9.17, 15) is 10.2 Å². The molecule has 0 aliphatic carbocycles. The molecule has 0 spiro atoms. The molecule has 0 amide bonds. The van der Waals surface area contributed by atoms with E-state index in [0.29, 0.717) is 38.5 Å². The molecule has 0 saturated carbocycles. The number of phenols is 1. The fourth-order valence-electron chi connectivity index (χ4n) is 2.95. The van der Waals surface area contributed by atoms with Crippen molar-refractivity contribution >= 4 is 10.9 Å². The Labute approximate surface area is 162 Å². The average Bonchev–Trinajstić information content (AvgIpc) is 3.09. The second kappa shape index (κ2) is 9.77. The van der Waals surface area contributed by atoms with Crippen molar-refractivity contribution in [3.05, 3.63) is 76.3 Å². The topological polar surface area (TPSA) is 113 Å². The number of aliphatic hydroxyl groups excluding tert-OH is 1. The molecule has 0 aliphatic rings. The van der Waals surface area contributed by atoms with Crippen molar-refractivity contribution in [2.24, 2.45) is 5.11 Å². The SMILES string of the molecule is [N-]=[N+]=NCCOCCOCc1cn(C(O)c2ccc(O)cc2)c2ccccc12. The molecule has 8 nitrogen and oxygen atoms in total. The van der Waals surface area contributed by atoms with Crippen molar-refractivity contribution in [1.29, 1.82) is 0 Å². The highest BCUT2D eigenvalue weighted by molar-refractivity contribution is 5.84. The minimum absolute atomic E-state index is 0.157. The predicted molar refractivity (Wildman–Crippen MR) is 105 cm³/mol. The lowest BCUT2D eigenvalue weighted by atomic mass is 10.2. The molecule has 0 fully saturated rings. The first kappa shape index (κ1) is 19.7. The number of fused-ring (bicyclic) bond motifs is 1. The van der Waals surface area contributed by atoms with E-state index in [2.05, 4.69) is 10.0 Å². The summed E-state index contributed by atoms with van der Waals surface area (Å²) in [7, 11) is 0. The number of para-hydroxylation sites is 1. The number of hydrogen-bond acceptors (Lipinski definition) is 5. The lowest BCUT2D eigenvalue weighted by Gasteiger charge is -2.14. The van der Waals surface area contributed by atoms with Gasteiger partial charge in [-0.3, -0.25) is 0 Å². The zero-order valence-electron chi connectivity index (χ0n) is 15.3. The van der Waals surface area contributed by atoms with Crippen LogP contribution in [0.1, 0.15) is 17.4 Å². The van der Waals surface area contributed by atoms with Crippen molar-refractivity contribution in [3.63, 3.8) is 0 Å². The van der Waals surface area contributed by atoms with Crippen molar-refractivity contribution < 1.29 is 19.7 Å². The third kappa shape index (κ3) is 4.82. The number of azide groups is 1. The molecular formula is C20H22N4O4. The quantitative estimate of drug-likeness (QED) is 0.241. The number of aromatic nitrogens is 1. The van der Waals surface area contributed by atoms with E-state index in [4.69, 9.17) is 15.0 Å². The minimum atomic E-state index is -0.872. The Morgan fingerprint density at radius 2 is 1.79 bits per heavy atom. The van der Waals surface area contributed by atoms with E-state index >= 15 is 0 Å². The van der Waals surface area contributed by atoms with Crippen LogP contribution in [0.3, 0.4) is 0 Å². The molecule has 0 aliphatic heterocycles. The lowest BCUT2D eigenvalue weighted by molar-refractivity contribution is 0.0435. The Bertz CT molecular complexity index is 948. The summed E-state index contributed by atoms with van der Waals surface area (Å²) in [5.41, 5.74) is 10.7. The Kier molecular flexibility index (Phi) is 6.89. The molecule has 1 aromatic heterocycles. The van der Waals surface area contributed by atoms with Gasteiger partial charge in [-0.05, 0) is 23.7 Å². The van der Waals surface area contributed by atoms with Crippen molar-refractivity contribution in [3.8, 4) is 5.75 Å². The highest BCUT2D eigenvalue weighted by atomic mass is 16.5. The minimum Gasteiger partial charge on any atom is -0.508 e. The number of nitrogens with zero attached hydrogens (tertiary/aromatic N) is 4. The van der Waals surface area contributed by atoms with Crippen LogP contribution in [0.5, 0.6) is 5.75 Å². The molecule has 1 heterocycles. The summed E-state index contributed by atoms with van der Waals surface area (Å²) in [5.74, 6) is 0.157.